The van der Waals surface area contributed by atoms with E-state index in [2.05, 4.69) is 0 Å². The van der Waals surface area contributed by atoms with Crippen molar-refractivity contribution >= 4 is 12.1 Å². The second-order valence-corrected chi connectivity index (χ2v) is 6.65. The Bertz CT molecular complexity index is 387. The molecule has 2 unspecified atom stereocenters. The third-order valence-electron chi connectivity index (χ3n) is 4.22. The Hall–Kier alpha value is -1.26. The number of carbonyl (C=O) groups is 2. The maximum Gasteiger partial charge on any atom is 0.410 e. The van der Waals surface area contributed by atoms with Gasteiger partial charge >= 0.3 is 12.1 Å². The number of amides is 1. The topological polar surface area (TPSA) is 66.8 Å². The molecule has 1 aliphatic carbocycles. The Balaban J connectivity index is 2.17. The lowest BCUT2D eigenvalue weighted by atomic mass is 9.70. The van der Waals surface area contributed by atoms with Gasteiger partial charge in [-0.25, -0.2) is 4.79 Å². The summed E-state index contributed by atoms with van der Waals surface area (Å²) in [7, 11) is 0. The van der Waals surface area contributed by atoms with E-state index in [1.165, 1.54) is 0 Å². The van der Waals surface area contributed by atoms with Gasteiger partial charge in [-0.05, 0) is 40.0 Å². The number of ether oxygens (including phenoxy) is 1. The predicted molar refractivity (Wildman–Crippen MR) is 69.9 cm³/mol. The fourth-order valence-corrected chi connectivity index (χ4v) is 3.34. The number of hydrogen-bond acceptors (Lipinski definition) is 3. The molecule has 0 aromatic heterocycles. The van der Waals surface area contributed by atoms with Crippen LogP contribution in [-0.2, 0) is 9.53 Å². The summed E-state index contributed by atoms with van der Waals surface area (Å²) < 4.78 is 5.39. The van der Waals surface area contributed by atoms with Crippen LogP contribution < -0.4 is 0 Å². The quantitative estimate of drug-likeness (QED) is 0.794. The second kappa shape index (κ2) is 4.69. The normalized spacial score (nSPS) is 30.9. The van der Waals surface area contributed by atoms with Crippen molar-refractivity contribution in [3.8, 4) is 0 Å². The summed E-state index contributed by atoms with van der Waals surface area (Å²) in [6.45, 7) is 5.97. The molecule has 108 valence electrons. The molecule has 1 saturated carbocycles. The Labute approximate surface area is 113 Å². The summed E-state index contributed by atoms with van der Waals surface area (Å²) in [5.74, 6) is -0.761. The number of nitrogens with zero attached hydrogens (tertiary/aromatic N) is 1. The van der Waals surface area contributed by atoms with Crippen molar-refractivity contribution in [1.82, 2.24) is 4.90 Å². The Morgan fingerprint density at radius 1 is 1.26 bits per heavy atom. The fourth-order valence-electron chi connectivity index (χ4n) is 3.34. The first-order valence-corrected chi connectivity index (χ1v) is 6.99. The van der Waals surface area contributed by atoms with Gasteiger partial charge in [0.25, 0.3) is 0 Å². The number of carboxylic acids is 1. The summed E-state index contributed by atoms with van der Waals surface area (Å²) in [6, 6.07) is -0.200. The van der Waals surface area contributed by atoms with Crippen LogP contribution in [0.3, 0.4) is 0 Å². The molecule has 1 N–H and O–H groups in total. The Morgan fingerprint density at radius 2 is 1.95 bits per heavy atom. The maximum absolute atomic E-state index is 12.2. The number of fused-ring (bicyclic) bond motifs is 1. The van der Waals surface area contributed by atoms with Gasteiger partial charge in [-0.2, -0.15) is 0 Å². The summed E-state index contributed by atoms with van der Waals surface area (Å²) in [5, 5.41) is 9.55. The average Bonchev–Trinajstić information content (AvgIpc) is 2.67. The zero-order valence-electron chi connectivity index (χ0n) is 11.9. The van der Waals surface area contributed by atoms with Crippen molar-refractivity contribution < 1.29 is 19.4 Å². The lowest BCUT2D eigenvalue weighted by Crippen LogP contribution is -2.49. The van der Waals surface area contributed by atoms with E-state index < -0.39 is 17.0 Å². The van der Waals surface area contributed by atoms with Gasteiger partial charge in [0.05, 0.1) is 11.5 Å². The molecular formula is C14H23NO4. The molecule has 1 heterocycles. The molecule has 2 rings (SSSR count). The van der Waals surface area contributed by atoms with Crippen LogP contribution in [-0.4, -0.2) is 40.3 Å². The number of hydrogen-bond donors (Lipinski definition) is 1. The fraction of sp³-hybridized carbons (Fsp3) is 0.857. The minimum absolute atomic E-state index is 0.200. The third-order valence-corrected chi connectivity index (χ3v) is 4.22. The van der Waals surface area contributed by atoms with Crippen LogP contribution in [0, 0.1) is 5.41 Å². The molecule has 5 heteroatoms. The van der Waals surface area contributed by atoms with Crippen LogP contribution in [0.5, 0.6) is 0 Å². The molecule has 2 aliphatic rings. The minimum Gasteiger partial charge on any atom is -0.481 e. The van der Waals surface area contributed by atoms with Gasteiger partial charge in [0.2, 0.25) is 0 Å². The lowest BCUT2D eigenvalue weighted by Gasteiger charge is -2.38. The van der Waals surface area contributed by atoms with E-state index in [-0.39, 0.29) is 12.1 Å². The number of likely N-dealkylation sites (tertiary alicyclic amines) is 1. The number of rotatable bonds is 1. The van der Waals surface area contributed by atoms with E-state index in [1.807, 2.05) is 20.8 Å². The maximum atomic E-state index is 12.2. The van der Waals surface area contributed by atoms with E-state index >= 15 is 0 Å². The monoisotopic (exact) mass is 269 g/mol. The molecule has 19 heavy (non-hydrogen) atoms. The molecule has 0 aromatic carbocycles. The third kappa shape index (κ3) is 2.55. The van der Waals surface area contributed by atoms with Gasteiger partial charge in [0.15, 0.2) is 0 Å². The largest absolute Gasteiger partial charge is 0.481 e. The number of carboxylic acid groups (broad SMARTS) is 1. The lowest BCUT2D eigenvalue weighted by molar-refractivity contribution is -0.152. The number of carbonyl (C=O) groups excluding carboxylic acids is 1. The van der Waals surface area contributed by atoms with Gasteiger partial charge in [-0.1, -0.05) is 12.8 Å². The predicted octanol–water partition coefficient (Wildman–Crippen LogP) is 2.64. The summed E-state index contributed by atoms with van der Waals surface area (Å²) >= 11 is 0. The van der Waals surface area contributed by atoms with Crippen LogP contribution in [0.1, 0.15) is 52.9 Å². The first-order chi connectivity index (χ1) is 8.76. The second-order valence-electron chi connectivity index (χ2n) is 6.65. The molecule has 0 aromatic rings. The Kier molecular flexibility index (Phi) is 3.49. The standard InChI is InChI=1S/C14H23NO4/c1-13(2,3)19-12(18)15-9-8-14(11(16)17)7-5-4-6-10(14)15/h10H,4-9H2,1-3H3,(H,16,17). The zero-order chi connectivity index (χ0) is 14.3. The molecule has 2 atom stereocenters. The molecule has 2 fully saturated rings. The van der Waals surface area contributed by atoms with E-state index in [1.54, 1.807) is 4.90 Å². The molecule has 1 amide bonds. The molecule has 1 saturated heterocycles. The summed E-state index contributed by atoms with van der Waals surface area (Å²) in [4.78, 5) is 25.5. The average molecular weight is 269 g/mol. The van der Waals surface area contributed by atoms with Crippen molar-refractivity contribution in [2.45, 2.75) is 64.5 Å². The highest BCUT2D eigenvalue weighted by atomic mass is 16.6. The van der Waals surface area contributed by atoms with E-state index in [0.717, 1.165) is 19.3 Å². The van der Waals surface area contributed by atoms with Gasteiger partial charge < -0.3 is 14.7 Å². The van der Waals surface area contributed by atoms with Crippen LogP contribution in [0.15, 0.2) is 0 Å². The highest BCUT2D eigenvalue weighted by Crippen LogP contribution is 2.47. The summed E-state index contributed by atoms with van der Waals surface area (Å²) in [5.41, 5.74) is -1.28. The molecule has 0 bridgehead atoms. The first kappa shape index (κ1) is 14.2. The Morgan fingerprint density at radius 3 is 2.53 bits per heavy atom. The van der Waals surface area contributed by atoms with Crippen molar-refractivity contribution in [2.24, 2.45) is 5.41 Å². The van der Waals surface area contributed by atoms with Gasteiger partial charge in [0, 0.05) is 6.54 Å². The van der Waals surface area contributed by atoms with Gasteiger partial charge in [0.1, 0.15) is 5.60 Å². The van der Waals surface area contributed by atoms with Gasteiger partial charge in [-0.15, -0.1) is 0 Å². The molecule has 0 spiro atoms. The minimum atomic E-state index is -0.761. The molecule has 0 radical (unpaired) electrons. The van der Waals surface area contributed by atoms with E-state index in [4.69, 9.17) is 4.74 Å². The smallest absolute Gasteiger partial charge is 0.410 e. The van der Waals surface area contributed by atoms with Crippen molar-refractivity contribution in [1.29, 1.82) is 0 Å². The van der Waals surface area contributed by atoms with E-state index in [9.17, 15) is 14.7 Å². The zero-order valence-corrected chi connectivity index (χ0v) is 11.9. The van der Waals surface area contributed by atoms with Crippen LogP contribution in [0.25, 0.3) is 0 Å². The summed E-state index contributed by atoms with van der Waals surface area (Å²) in [6.07, 6.45) is 3.54. The van der Waals surface area contributed by atoms with Crippen molar-refractivity contribution in [3.05, 3.63) is 0 Å². The van der Waals surface area contributed by atoms with Gasteiger partial charge in [-0.3, -0.25) is 4.79 Å². The molecule has 5 nitrogen and oxygen atoms in total. The SMILES string of the molecule is CC(C)(C)OC(=O)N1CCC2(C(=O)O)CCCCC12. The van der Waals surface area contributed by atoms with Crippen molar-refractivity contribution in [3.63, 3.8) is 0 Å². The van der Waals surface area contributed by atoms with Crippen LogP contribution in [0.2, 0.25) is 0 Å². The highest BCUT2D eigenvalue weighted by Gasteiger charge is 2.55. The molecular weight excluding hydrogens is 246 g/mol. The number of aliphatic carboxylic acids is 1. The van der Waals surface area contributed by atoms with Crippen LogP contribution >= 0.6 is 0 Å². The highest BCUT2D eigenvalue weighted by molar-refractivity contribution is 5.79. The first-order valence-electron chi connectivity index (χ1n) is 6.99. The van der Waals surface area contributed by atoms with Crippen molar-refractivity contribution in [2.75, 3.05) is 6.54 Å². The molecule has 1 aliphatic heterocycles. The van der Waals surface area contributed by atoms with Crippen LogP contribution in [0.4, 0.5) is 4.79 Å². The van der Waals surface area contributed by atoms with E-state index in [0.29, 0.717) is 19.4 Å².